The summed E-state index contributed by atoms with van der Waals surface area (Å²) < 4.78 is 0. The van der Waals surface area contributed by atoms with Crippen molar-refractivity contribution in [3.63, 3.8) is 0 Å². The smallest absolute Gasteiger partial charge is 0.252 e. The maximum atomic E-state index is 13.6. The van der Waals surface area contributed by atoms with Crippen molar-refractivity contribution >= 4 is 62.9 Å². The summed E-state index contributed by atoms with van der Waals surface area (Å²) in [5, 5.41) is 28.1. The Hall–Kier alpha value is -6.83. The van der Waals surface area contributed by atoms with E-state index in [1.54, 1.807) is 46.9 Å². The number of aliphatic hydroxyl groups excluding tert-OH is 1. The van der Waals surface area contributed by atoms with Crippen LogP contribution < -0.4 is 31.1 Å². The summed E-state index contributed by atoms with van der Waals surface area (Å²) in [5.74, 6) is -1.12. The number of hydrogen-bond acceptors (Lipinski definition) is 14. The van der Waals surface area contributed by atoms with Gasteiger partial charge < -0.3 is 50.8 Å². The molecule has 4 fully saturated rings. The van der Waals surface area contributed by atoms with Crippen LogP contribution in [0.5, 0.6) is 0 Å². The number of benzene rings is 4. The third-order valence-corrected chi connectivity index (χ3v) is 17.5. The number of aliphatic hydroxyl groups is 1. The van der Waals surface area contributed by atoms with E-state index in [2.05, 4.69) is 65.7 Å². The topological polar surface area (TPSA) is 192 Å². The van der Waals surface area contributed by atoms with Crippen LogP contribution in [0.2, 0.25) is 0 Å². The summed E-state index contributed by atoms with van der Waals surface area (Å²) in [4.78, 5) is 84.6. The number of aromatic nitrogens is 2. The van der Waals surface area contributed by atoms with Crippen molar-refractivity contribution in [2.24, 2.45) is 0 Å². The average Bonchev–Trinajstić information content (AvgIpc) is 4.21. The fourth-order valence-corrected chi connectivity index (χ4v) is 12.5. The lowest BCUT2D eigenvalue weighted by Crippen LogP contribution is -2.60. The van der Waals surface area contributed by atoms with Gasteiger partial charge in [-0.2, -0.15) is 0 Å². The van der Waals surface area contributed by atoms with Gasteiger partial charge in [0.15, 0.2) is 10.3 Å². The highest BCUT2D eigenvalue weighted by Crippen LogP contribution is 2.34. The summed E-state index contributed by atoms with van der Waals surface area (Å²) in [6.45, 7) is 7.80. The molecule has 4 heterocycles. The first kappa shape index (κ1) is 55.9. The quantitative estimate of drug-likeness (QED) is 0.0590. The monoisotopic (exact) mass is 1090 g/mol. The van der Waals surface area contributed by atoms with Crippen molar-refractivity contribution in [2.45, 2.75) is 87.4 Å². The average molecular weight is 1090 g/mol. The number of rotatable bonds is 16. The number of nitrogens with zero attached hydrogens (tertiary/aromatic N) is 6. The fraction of sp³-hybridized carbons (Fsp3) is 0.417. The lowest BCUT2D eigenvalue weighted by Gasteiger charge is -2.37. The maximum Gasteiger partial charge on any atom is 0.252 e. The van der Waals surface area contributed by atoms with Gasteiger partial charge in [0, 0.05) is 85.4 Å². The van der Waals surface area contributed by atoms with Gasteiger partial charge in [0.2, 0.25) is 11.8 Å². The van der Waals surface area contributed by atoms with Gasteiger partial charge in [0.25, 0.3) is 11.8 Å². The van der Waals surface area contributed by atoms with Crippen LogP contribution in [0.25, 0.3) is 22.5 Å². The highest BCUT2D eigenvalue weighted by Gasteiger charge is 2.43. The molecule has 16 nitrogen and oxygen atoms in total. The Morgan fingerprint density at radius 2 is 0.949 bits per heavy atom. The van der Waals surface area contributed by atoms with E-state index in [1.807, 2.05) is 84.9 Å². The third kappa shape index (κ3) is 13.7. The van der Waals surface area contributed by atoms with Crippen molar-refractivity contribution in [1.29, 1.82) is 0 Å². The maximum absolute atomic E-state index is 13.6. The van der Waals surface area contributed by atoms with E-state index in [9.17, 15) is 29.1 Å². The number of aldehydes is 1. The van der Waals surface area contributed by atoms with Crippen LogP contribution in [0, 0.1) is 0 Å². The molecule has 410 valence electrons. The van der Waals surface area contributed by atoms with Gasteiger partial charge in [-0.1, -0.05) is 123 Å². The second-order valence-electron chi connectivity index (χ2n) is 21.1. The summed E-state index contributed by atoms with van der Waals surface area (Å²) >= 11 is 3.29. The number of piperazine rings is 2. The third-order valence-electron chi connectivity index (χ3n) is 15.7. The Bertz CT molecular complexity index is 2930. The van der Waals surface area contributed by atoms with Gasteiger partial charge in [-0.25, -0.2) is 9.97 Å². The van der Waals surface area contributed by atoms with E-state index < -0.39 is 23.2 Å². The van der Waals surface area contributed by atoms with E-state index in [-0.39, 0.29) is 30.2 Å². The molecular formula is C60H72N10O6S2. The minimum absolute atomic E-state index is 0.214. The predicted octanol–water partition coefficient (Wildman–Crippen LogP) is 7.90. The second-order valence-corrected chi connectivity index (χ2v) is 22.8. The first-order valence-electron chi connectivity index (χ1n) is 27.4. The zero-order valence-corrected chi connectivity index (χ0v) is 46.3. The second kappa shape index (κ2) is 26.2. The summed E-state index contributed by atoms with van der Waals surface area (Å²) in [5.41, 5.74) is 4.20. The summed E-state index contributed by atoms with van der Waals surface area (Å²) in [6, 6.07) is 32.1. The van der Waals surface area contributed by atoms with Gasteiger partial charge in [-0.15, -0.1) is 22.7 Å². The molecule has 2 aliphatic carbocycles. The van der Waals surface area contributed by atoms with Crippen LogP contribution in [0.15, 0.2) is 120 Å². The Kier molecular flexibility index (Phi) is 18.8. The highest BCUT2D eigenvalue weighted by atomic mass is 32.1. The number of anilines is 2. The molecule has 2 saturated heterocycles. The molecule has 2 atom stereocenters. The molecule has 4 aromatic carbocycles. The number of carbonyl (C=O) groups is 5. The molecule has 2 saturated carbocycles. The highest BCUT2D eigenvalue weighted by molar-refractivity contribution is 7.14. The standard InChI is InChI=1S/C30H37N5O3S.C30H35N5O3S/c2*1-34-16-18-35(19-17-34)29-32-26(21-39-29)23-10-12-24(13-11-23)27(37)33-30(14-6-3-7-15-30)28(38)31-25(20-36)22-8-4-2-5-9-22/h2,4-5,8-13,21,25,36H,3,6-7,14-20H2,1H3,(H,31,38)(H,33,37);2,4-5,8-13,20-21,25H,3,6-7,14-19H2,1H3,(H,31,38)(H,33,37)/t2*25-/m11/s1. The minimum atomic E-state index is -1.05. The minimum Gasteiger partial charge on any atom is -0.394 e. The first-order chi connectivity index (χ1) is 37.9. The molecule has 78 heavy (non-hydrogen) atoms. The van der Waals surface area contributed by atoms with Crippen molar-refractivity contribution in [1.82, 2.24) is 41.0 Å². The first-order valence-corrected chi connectivity index (χ1v) is 29.1. The van der Waals surface area contributed by atoms with E-state index in [0.29, 0.717) is 42.4 Å². The Balaban J connectivity index is 0.000000190. The SMILES string of the molecule is CN1CCN(c2nc(-c3ccc(C(=O)NC4(C(=O)N[C@H](C=O)c5ccccc5)CCCCC4)cc3)cs2)CC1.CN1CCN(c2nc(-c3ccc(C(=O)NC4(C(=O)N[C@H](CO)c5ccccc5)CCCCC4)cc3)cs2)CC1. The molecule has 5 N–H and O–H groups in total. The van der Waals surface area contributed by atoms with Crippen molar-refractivity contribution < 1.29 is 29.1 Å². The molecule has 0 bridgehead atoms. The molecule has 2 aliphatic heterocycles. The summed E-state index contributed by atoms with van der Waals surface area (Å²) in [7, 11) is 4.28. The predicted molar refractivity (Wildman–Crippen MR) is 309 cm³/mol. The Labute approximate surface area is 465 Å². The van der Waals surface area contributed by atoms with Gasteiger partial charge >= 0.3 is 0 Å². The lowest BCUT2D eigenvalue weighted by atomic mass is 9.80. The number of thiazole rings is 2. The molecule has 0 spiro atoms. The van der Waals surface area contributed by atoms with E-state index in [1.165, 1.54) is 0 Å². The molecule has 4 aliphatic rings. The molecule has 0 unspecified atom stereocenters. The van der Waals surface area contributed by atoms with Crippen molar-refractivity contribution in [2.75, 3.05) is 82.9 Å². The number of nitrogens with one attached hydrogen (secondary N) is 4. The lowest BCUT2D eigenvalue weighted by molar-refractivity contribution is -0.131. The molecule has 0 radical (unpaired) electrons. The molecular weight excluding hydrogens is 1020 g/mol. The van der Waals surface area contributed by atoms with E-state index >= 15 is 0 Å². The normalized spacial score (nSPS) is 18.3. The zero-order chi connectivity index (χ0) is 54.5. The van der Waals surface area contributed by atoms with Crippen molar-refractivity contribution in [3.05, 3.63) is 142 Å². The molecule has 6 aromatic rings. The van der Waals surface area contributed by atoms with Crippen molar-refractivity contribution in [3.8, 4) is 22.5 Å². The van der Waals surface area contributed by atoms with Crippen LogP contribution in [0.1, 0.15) is 108 Å². The van der Waals surface area contributed by atoms with Gasteiger partial charge in [0.05, 0.1) is 24.0 Å². The van der Waals surface area contributed by atoms with Crippen LogP contribution in [-0.2, 0) is 14.4 Å². The number of hydrogen-bond donors (Lipinski definition) is 5. The van der Waals surface area contributed by atoms with Crippen LogP contribution >= 0.6 is 22.7 Å². The summed E-state index contributed by atoms with van der Waals surface area (Å²) in [6.07, 6.45) is 8.40. The Morgan fingerprint density at radius 1 is 0.551 bits per heavy atom. The van der Waals surface area contributed by atoms with E-state index in [0.717, 1.165) is 136 Å². The Morgan fingerprint density at radius 3 is 1.35 bits per heavy atom. The molecule has 18 heteroatoms. The van der Waals surface area contributed by atoms with Crippen LogP contribution in [0.3, 0.4) is 0 Å². The number of amides is 4. The molecule has 10 rings (SSSR count). The van der Waals surface area contributed by atoms with Gasteiger partial charge in [-0.3, -0.25) is 19.2 Å². The van der Waals surface area contributed by atoms with E-state index in [4.69, 9.17) is 9.97 Å². The molecule has 4 amide bonds. The zero-order valence-electron chi connectivity index (χ0n) is 44.7. The number of likely N-dealkylation sites (N-methyl/N-ethyl adjacent to an activating group) is 2. The van der Waals surface area contributed by atoms with Crippen LogP contribution in [-0.4, -0.2) is 139 Å². The largest absolute Gasteiger partial charge is 0.394 e. The number of carbonyl (C=O) groups excluding carboxylic acids is 5. The van der Waals surface area contributed by atoms with Gasteiger partial charge in [0.1, 0.15) is 23.4 Å². The fourth-order valence-electron chi connectivity index (χ4n) is 10.7. The molecule has 2 aromatic heterocycles. The van der Waals surface area contributed by atoms with Gasteiger partial charge in [-0.05, 0) is 75.2 Å². The van der Waals surface area contributed by atoms with Crippen LogP contribution in [0.4, 0.5) is 10.3 Å².